The zero-order valence-electron chi connectivity index (χ0n) is 18.4. The average Bonchev–Trinajstić information content (AvgIpc) is 2.70. The smallest absolute Gasteiger partial charge is 0.287 e. The SMILES string of the molecule is CCCCCCCCCCCCCCC(=O)C(=O)NCCCC(=O)COCC. The number of ether oxygens (including phenoxy) is 1. The number of rotatable bonds is 21. The fourth-order valence-electron chi connectivity index (χ4n) is 3.11. The lowest BCUT2D eigenvalue weighted by Crippen LogP contribution is -2.31. The summed E-state index contributed by atoms with van der Waals surface area (Å²) in [5.74, 6) is -0.827. The highest BCUT2D eigenvalue weighted by atomic mass is 16.5. The van der Waals surface area contributed by atoms with E-state index in [9.17, 15) is 14.4 Å². The minimum absolute atomic E-state index is 0.0268. The van der Waals surface area contributed by atoms with Crippen LogP contribution in [-0.4, -0.2) is 37.2 Å². The Labute approximate surface area is 172 Å². The quantitative estimate of drug-likeness (QED) is 0.215. The van der Waals surface area contributed by atoms with Gasteiger partial charge in [-0.25, -0.2) is 0 Å². The molecule has 1 amide bonds. The van der Waals surface area contributed by atoms with E-state index in [-0.39, 0.29) is 18.2 Å². The van der Waals surface area contributed by atoms with Gasteiger partial charge in [-0.05, 0) is 19.8 Å². The molecule has 1 N–H and O–H groups in total. The van der Waals surface area contributed by atoms with Gasteiger partial charge in [-0.1, -0.05) is 77.6 Å². The Kier molecular flexibility index (Phi) is 19.6. The molecular formula is C23H43NO4. The number of Topliss-reactive ketones (excluding diaryl/α,β-unsaturated/α-hetero) is 2. The summed E-state index contributed by atoms with van der Waals surface area (Å²) in [6.45, 7) is 5.10. The molecule has 5 heteroatoms. The molecule has 0 unspecified atom stereocenters. The van der Waals surface area contributed by atoms with Gasteiger partial charge in [0, 0.05) is 26.0 Å². The summed E-state index contributed by atoms with van der Waals surface area (Å²) in [6, 6.07) is 0. The van der Waals surface area contributed by atoms with Gasteiger partial charge in [0.2, 0.25) is 5.78 Å². The lowest BCUT2D eigenvalue weighted by Gasteiger charge is -2.05. The molecule has 0 aliphatic carbocycles. The maximum Gasteiger partial charge on any atom is 0.287 e. The van der Waals surface area contributed by atoms with Gasteiger partial charge >= 0.3 is 0 Å². The van der Waals surface area contributed by atoms with Gasteiger partial charge in [-0.2, -0.15) is 0 Å². The highest BCUT2D eigenvalue weighted by Crippen LogP contribution is 2.12. The molecule has 0 fully saturated rings. The third kappa shape index (κ3) is 18.1. The van der Waals surface area contributed by atoms with E-state index in [1.165, 1.54) is 57.8 Å². The fourth-order valence-corrected chi connectivity index (χ4v) is 3.11. The van der Waals surface area contributed by atoms with Crippen molar-refractivity contribution in [3.05, 3.63) is 0 Å². The molecule has 28 heavy (non-hydrogen) atoms. The first kappa shape index (κ1) is 26.8. The number of amides is 1. The van der Waals surface area contributed by atoms with Crippen LogP contribution in [0.3, 0.4) is 0 Å². The first-order valence-corrected chi connectivity index (χ1v) is 11.5. The van der Waals surface area contributed by atoms with E-state index in [1.807, 2.05) is 6.92 Å². The Morgan fingerprint density at radius 2 is 1.21 bits per heavy atom. The van der Waals surface area contributed by atoms with Crippen LogP contribution >= 0.6 is 0 Å². The van der Waals surface area contributed by atoms with E-state index in [0.29, 0.717) is 32.4 Å². The molecule has 0 aliphatic heterocycles. The van der Waals surface area contributed by atoms with Crippen LogP contribution < -0.4 is 5.32 Å². The Bertz CT molecular complexity index is 409. The lowest BCUT2D eigenvalue weighted by molar-refractivity contribution is -0.138. The number of unbranched alkanes of at least 4 members (excludes halogenated alkanes) is 11. The maximum atomic E-state index is 11.8. The van der Waals surface area contributed by atoms with Gasteiger partial charge in [0.25, 0.3) is 5.91 Å². The molecule has 0 aromatic rings. The minimum Gasteiger partial charge on any atom is -0.374 e. The number of ketones is 2. The van der Waals surface area contributed by atoms with E-state index < -0.39 is 5.91 Å². The summed E-state index contributed by atoms with van der Waals surface area (Å²) in [6.07, 6.45) is 16.2. The van der Waals surface area contributed by atoms with Crippen molar-refractivity contribution in [1.82, 2.24) is 5.32 Å². The summed E-state index contributed by atoms with van der Waals surface area (Å²) in [5.41, 5.74) is 0. The Hall–Kier alpha value is -1.23. The topological polar surface area (TPSA) is 72.5 Å². The molecule has 0 saturated heterocycles. The van der Waals surface area contributed by atoms with Gasteiger partial charge in [-0.3, -0.25) is 14.4 Å². The highest BCUT2D eigenvalue weighted by molar-refractivity contribution is 6.36. The second-order valence-corrected chi connectivity index (χ2v) is 7.60. The number of nitrogens with one attached hydrogen (secondary N) is 1. The molecule has 0 rings (SSSR count). The molecule has 0 atom stereocenters. The van der Waals surface area contributed by atoms with Crippen molar-refractivity contribution in [2.45, 2.75) is 110 Å². The molecule has 5 nitrogen and oxygen atoms in total. The number of hydrogen-bond acceptors (Lipinski definition) is 4. The van der Waals surface area contributed by atoms with E-state index in [4.69, 9.17) is 4.74 Å². The predicted molar refractivity (Wildman–Crippen MR) is 114 cm³/mol. The third-order valence-electron chi connectivity index (χ3n) is 4.90. The summed E-state index contributed by atoms with van der Waals surface area (Å²) >= 11 is 0. The number of hydrogen-bond donors (Lipinski definition) is 1. The van der Waals surface area contributed by atoms with Crippen molar-refractivity contribution in [2.24, 2.45) is 0 Å². The van der Waals surface area contributed by atoms with E-state index in [0.717, 1.165) is 19.3 Å². The van der Waals surface area contributed by atoms with Gasteiger partial charge in [0.15, 0.2) is 5.78 Å². The minimum atomic E-state index is -0.514. The van der Waals surface area contributed by atoms with Gasteiger partial charge in [0.05, 0.1) is 0 Å². The van der Waals surface area contributed by atoms with Crippen LogP contribution in [0.2, 0.25) is 0 Å². The van der Waals surface area contributed by atoms with Crippen LogP contribution in [0.15, 0.2) is 0 Å². The van der Waals surface area contributed by atoms with Crippen molar-refractivity contribution in [1.29, 1.82) is 0 Å². The maximum absolute atomic E-state index is 11.8. The highest BCUT2D eigenvalue weighted by Gasteiger charge is 2.12. The van der Waals surface area contributed by atoms with Crippen LogP contribution in [-0.2, 0) is 19.1 Å². The first-order valence-electron chi connectivity index (χ1n) is 11.5. The lowest BCUT2D eigenvalue weighted by atomic mass is 10.0. The number of carbonyl (C=O) groups excluding carboxylic acids is 3. The second-order valence-electron chi connectivity index (χ2n) is 7.60. The van der Waals surface area contributed by atoms with Crippen molar-refractivity contribution >= 4 is 17.5 Å². The van der Waals surface area contributed by atoms with Gasteiger partial charge in [-0.15, -0.1) is 0 Å². The van der Waals surface area contributed by atoms with Gasteiger partial charge in [0.1, 0.15) is 6.61 Å². The molecule has 0 aromatic heterocycles. The van der Waals surface area contributed by atoms with Crippen LogP contribution in [0, 0.1) is 0 Å². The number of carbonyl (C=O) groups is 3. The fraction of sp³-hybridized carbons (Fsp3) is 0.870. The molecule has 0 aliphatic rings. The zero-order valence-corrected chi connectivity index (χ0v) is 18.4. The van der Waals surface area contributed by atoms with Crippen LogP contribution in [0.25, 0.3) is 0 Å². The largest absolute Gasteiger partial charge is 0.374 e. The first-order chi connectivity index (χ1) is 13.6. The normalized spacial score (nSPS) is 10.8. The van der Waals surface area contributed by atoms with Crippen molar-refractivity contribution in [3.63, 3.8) is 0 Å². The molecular weight excluding hydrogens is 354 g/mol. The molecule has 164 valence electrons. The van der Waals surface area contributed by atoms with E-state index in [2.05, 4.69) is 12.2 Å². The van der Waals surface area contributed by atoms with Crippen LogP contribution in [0.5, 0.6) is 0 Å². The molecule has 0 saturated carbocycles. The Morgan fingerprint density at radius 1 is 0.679 bits per heavy atom. The molecule has 0 bridgehead atoms. The Morgan fingerprint density at radius 3 is 1.75 bits per heavy atom. The van der Waals surface area contributed by atoms with Crippen LogP contribution in [0.1, 0.15) is 110 Å². The third-order valence-corrected chi connectivity index (χ3v) is 4.90. The predicted octanol–water partition coefficient (Wildman–Crippen LogP) is 5.15. The summed E-state index contributed by atoms with van der Waals surface area (Å²) in [4.78, 5) is 34.9. The Balaban J connectivity index is 3.41. The van der Waals surface area contributed by atoms with Gasteiger partial charge < -0.3 is 10.1 Å². The zero-order chi connectivity index (χ0) is 20.9. The second kappa shape index (κ2) is 20.5. The average molecular weight is 398 g/mol. The summed E-state index contributed by atoms with van der Waals surface area (Å²) in [5, 5.41) is 2.61. The van der Waals surface area contributed by atoms with E-state index >= 15 is 0 Å². The molecule has 0 spiro atoms. The summed E-state index contributed by atoms with van der Waals surface area (Å²) in [7, 11) is 0. The van der Waals surface area contributed by atoms with Crippen molar-refractivity contribution < 1.29 is 19.1 Å². The van der Waals surface area contributed by atoms with Crippen molar-refractivity contribution in [3.8, 4) is 0 Å². The van der Waals surface area contributed by atoms with Crippen molar-refractivity contribution in [2.75, 3.05) is 19.8 Å². The van der Waals surface area contributed by atoms with E-state index in [1.54, 1.807) is 0 Å². The standard InChI is InChI=1S/C23H43NO4/c1-3-5-6-7-8-9-10-11-12-13-14-15-18-22(26)23(27)24-19-16-17-21(25)20-28-4-2/h3-20H2,1-2H3,(H,24,27). The summed E-state index contributed by atoms with van der Waals surface area (Å²) < 4.78 is 5.03. The molecule has 0 heterocycles. The molecule has 0 radical (unpaired) electrons. The monoisotopic (exact) mass is 397 g/mol. The molecule has 0 aromatic carbocycles. The van der Waals surface area contributed by atoms with Crippen LogP contribution in [0.4, 0.5) is 0 Å².